The van der Waals surface area contributed by atoms with Gasteiger partial charge in [-0.1, -0.05) is 12.1 Å². The number of guanidine groups is 1. The normalized spacial score (nSPS) is 11.5. The maximum Gasteiger partial charge on any atom is 0.239 e. The molecular weight excluding hydrogens is 457 g/mol. The molecule has 0 spiro atoms. The lowest BCUT2D eigenvalue weighted by molar-refractivity contribution is -0.121. The Labute approximate surface area is 177 Å². The molecule has 0 saturated heterocycles. The van der Waals surface area contributed by atoms with Crippen LogP contribution in [0, 0.1) is 0 Å². The van der Waals surface area contributed by atoms with E-state index in [0.717, 1.165) is 17.8 Å². The fourth-order valence-corrected chi connectivity index (χ4v) is 2.23. The smallest absolute Gasteiger partial charge is 0.239 e. The average molecular weight is 485 g/mol. The minimum absolute atomic E-state index is 0. The van der Waals surface area contributed by atoms with E-state index in [2.05, 4.69) is 31.0 Å². The van der Waals surface area contributed by atoms with Crippen LogP contribution < -0.4 is 16.0 Å². The molecule has 8 nitrogen and oxygen atoms in total. The number of carbonyl (C=O) groups excluding carboxylic acids is 1. The Hall–Kier alpha value is -2.17. The van der Waals surface area contributed by atoms with Gasteiger partial charge < -0.3 is 16.0 Å². The summed E-state index contributed by atoms with van der Waals surface area (Å²) >= 11 is 0. The minimum Gasteiger partial charge on any atom is -0.357 e. The minimum atomic E-state index is -0.250. The van der Waals surface area contributed by atoms with Crippen LogP contribution in [-0.2, 0) is 11.3 Å². The van der Waals surface area contributed by atoms with E-state index in [4.69, 9.17) is 0 Å². The van der Waals surface area contributed by atoms with Crippen molar-refractivity contribution in [2.45, 2.75) is 39.8 Å². The van der Waals surface area contributed by atoms with Gasteiger partial charge in [-0.15, -0.1) is 24.0 Å². The first-order valence-electron chi connectivity index (χ1n) is 8.64. The summed E-state index contributed by atoms with van der Waals surface area (Å²) < 4.78 is 1.70. The Morgan fingerprint density at radius 2 is 1.89 bits per heavy atom. The van der Waals surface area contributed by atoms with Gasteiger partial charge in [0, 0.05) is 12.1 Å². The molecule has 0 fully saturated rings. The lowest BCUT2D eigenvalue weighted by Crippen LogP contribution is -2.48. The van der Waals surface area contributed by atoms with Crippen LogP contribution >= 0.6 is 24.0 Å². The molecule has 1 aromatic carbocycles. The van der Waals surface area contributed by atoms with E-state index in [9.17, 15) is 4.79 Å². The van der Waals surface area contributed by atoms with Crippen molar-refractivity contribution in [1.82, 2.24) is 30.7 Å². The van der Waals surface area contributed by atoms with Gasteiger partial charge in [0.15, 0.2) is 5.96 Å². The number of hydrogen-bond acceptors (Lipinski definition) is 4. The van der Waals surface area contributed by atoms with E-state index in [1.54, 1.807) is 11.0 Å². The quantitative estimate of drug-likeness (QED) is 0.330. The van der Waals surface area contributed by atoms with Gasteiger partial charge in [0.1, 0.15) is 12.7 Å². The molecule has 1 amide bonds. The first-order chi connectivity index (χ1) is 12.4. The van der Waals surface area contributed by atoms with E-state index in [1.165, 1.54) is 6.33 Å². The molecule has 0 saturated carbocycles. The van der Waals surface area contributed by atoms with Crippen molar-refractivity contribution in [3.05, 3.63) is 42.5 Å². The van der Waals surface area contributed by atoms with Crippen molar-refractivity contribution in [3.8, 4) is 5.69 Å². The van der Waals surface area contributed by atoms with Gasteiger partial charge in [0.2, 0.25) is 5.91 Å². The van der Waals surface area contributed by atoms with Crippen LogP contribution in [0.4, 0.5) is 0 Å². The predicted molar refractivity (Wildman–Crippen MR) is 117 cm³/mol. The van der Waals surface area contributed by atoms with Crippen LogP contribution in [0.1, 0.15) is 33.3 Å². The Bertz CT molecular complexity index is 721. The molecule has 0 unspecified atom stereocenters. The molecule has 0 bridgehead atoms. The molecule has 1 heterocycles. The number of halogens is 1. The molecule has 2 aromatic rings. The van der Waals surface area contributed by atoms with Gasteiger partial charge in [-0.25, -0.2) is 14.7 Å². The second kappa shape index (κ2) is 10.9. The molecule has 3 N–H and O–H groups in total. The lowest BCUT2D eigenvalue weighted by atomic mass is 10.1. The number of aliphatic imine (C=N–C) groups is 1. The highest BCUT2D eigenvalue weighted by Gasteiger charge is 2.13. The number of rotatable bonds is 6. The highest BCUT2D eigenvalue weighted by atomic mass is 127. The Kier molecular flexibility index (Phi) is 9.19. The van der Waals surface area contributed by atoms with E-state index < -0.39 is 0 Å². The molecular formula is C18H28IN7O. The summed E-state index contributed by atoms with van der Waals surface area (Å²) in [5.41, 5.74) is 1.75. The zero-order valence-electron chi connectivity index (χ0n) is 16.2. The molecule has 2 rings (SSSR count). The number of hydrogen-bond donors (Lipinski definition) is 3. The van der Waals surface area contributed by atoms with Crippen LogP contribution in [-0.4, -0.2) is 45.3 Å². The largest absolute Gasteiger partial charge is 0.357 e. The number of benzene rings is 1. The van der Waals surface area contributed by atoms with Crippen molar-refractivity contribution in [3.63, 3.8) is 0 Å². The third-order valence-corrected chi connectivity index (χ3v) is 3.31. The summed E-state index contributed by atoms with van der Waals surface area (Å²) in [6.45, 7) is 9.24. The second-order valence-electron chi connectivity index (χ2n) is 6.85. The monoisotopic (exact) mass is 485 g/mol. The van der Waals surface area contributed by atoms with Crippen LogP contribution in [0.25, 0.3) is 5.69 Å². The number of carbonyl (C=O) groups is 1. The van der Waals surface area contributed by atoms with E-state index in [-0.39, 0.29) is 42.0 Å². The zero-order valence-corrected chi connectivity index (χ0v) is 18.5. The summed E-state index contributed by atoms with van der Waals surface area (Å²) in [6, 6.07) is 7.93. The first-order valence-corrected chi connectivity index (χ1v) is 8.64. The summed E-state index contributed by atoms with van der Waals surface area (Å²) in [7, 11) is 0. The lowest BCUT2D eigenvalue weighted by Gasteiger charge is -2.21. The fraction of sp³-hybridized carbons (Fsp3) is 0.444. The average Bonchev–Trinajstić information content (AvgIpc) is 3.11. The topological polar surface area (TPSA) is 96.2 Å². The van der Waals surface area contributed by atoms with E-state index in [0.29, 0.717) is 12.5 Å². The Balaban J connectivity index is 0.00000364. The zero-order chi connectivity index (χ0) is 19.0. The number of aromatic nitrogens is 3. The van der Waals surface area contributed by atoms with Crippen LogP contribution in [0.5, 0.6) is 0 Å². The standard InChI is InChI=1S/C18H27N7O.HI/c1-5-20-17(22-11-16(26)24-18(2,3)4)21-10-14-6-8-15(9-7-14)25-13-19-12-23-25;/h6-9,12-13H,5,10-11H2,1-4H3,(H,24,26)(H2,20,21,22);1H. The molecule has 0 atom stereocenters. The molecule has 0 aliphatic heterocycles. The van der Waals surface area contributed by atoms with E-state index in [1.807, 2.05) is 52.0 Å². The summed E-state index contributed by atoms with van der Waals surface area (Å²) in [6.07, 6.45) is 3.16. The highest BCUT2D eigenvalue weighted by molar-refractivity contribution is 14.0. The molecule has 27 heavy (non-hydrogen) atoms. The summed E-state index contributed by atoms with van der Waals surface area (Å²) in [5, 5.41) is 13.2. The summed E-state index contributed by atoms with van der Waals surface area (Å²) in [5.74, 6) is 0.539. The molecule has 0 aliphatic rings. The van der Waals surface area contributed by atoms with Crippen molar-refractivity contribution in [2.24, 2.45) is 4.99 Å². The van der Waals surface area contributed by atoms with Gasteiger partial charge >= 0.3 is 0 Å². The second-order valence-corrected chi connectivity index (χ2v) is 6.85. The van der Waals surface area contributed by atoms with Gasteiger partial charge in [0.05, 0.1) is 18.8 Å². The molecule has 9 heteroatoms. The van der Waals surface area contributed by atoms with Gasteiger partial charge in [-0.3, -0.25) is 4.79 Å². The number of nitrogens with one attached hydrogen (secondary N) is 3. The Morgan fingerprint density at radius 3 is 2.44 bits per heavy atom. The first kappa shape index (κ1) is 22.9. The maximum absolute atomic E-state index is 11.9. The van der Waals surface area contributed by atoms with Crippen molar-refractivity contribution < 1.29 is 4.79 Å². The van der Waals surface area contributed by atoms with Crippen molar-refractivity contribution in [2.75, 3.05) is 13.1 Å². The maximum atomic E-state index is 11.9. The fourth-order valence-electron chi connectivity index (χ4n) is 2.23. The third-order valence-electron chi connectivity index (χ3n) is 3.31. The number of nitrogens with zero attached hydrogens (tertiary/aromatic N) is 4. The molecule has 148 valence electrons. The molecule has 1 aromatic heterocycles. The highest BCUT2D eigenvalue weighted by Crippen LogP contribution is 2.08. The van der Waals surface area contributed by atoms with Crippen molar-refractivity contribution >= 4 is 35.8 Å². The van der Waals surface area contributed by atoms with Gasteiger partial charge in [-0.2, -0.15) is 5.10 Å². The van der Waals surface area contributed by atoms with Gasteiger partial charge in [-0.05, 0) is 45.4 Å². The molecule has 0 radical (unpaired) electrons. The summed E-state index contributed by atoms with van der Waals surface area (Å²) in [4.78, 5) is 20.4. The van der Waals surface area contributed by atoms with Crippen molar-refractivity contribution in [1.29, 1.82) is 0 Å². The van der Waals surface area contributed by atoms with E-state index >= 15 is 0 Å². The van der Waals surface area contributed by atoms with Crippen LogP contribution in [0.3, 0.4) is 0 Å². The predicted octanol–water partition coefficient (Wildman–Crippen LogP) is 1.86. The third kappa shape index (κ3) is 8.37. The van der Waals surface area contributed by atoms with Gasteiger partial charge in [0.25, 0.3) is 0 Å². The van der Waals surface area contributed by atoms with Crippen LogP contribution in [0.15, 0.2) is 41.9 Å². The molecule has 0 aliphatic carbocycles. The number of amides is 1. The SMILES string of the molecule is CCNC(=NCc1ccc(-n2cncn2)cc1)NCC(=O)NC(C)(C)C.I. The Morgan fingerprint density at radius 1 is 1.19 bits per heavy atom. The van der Waals surface area contributed by atoms with Crippen LogP contribution in [0.2, 0.25) is 0 Å².